The molecule has 2 aromatic rings. The molecule has 1 aliphatic heterocycles. The molecule has 0 saturated carbocycles. The molecule has 174 valence electrons. The van der Waals surface area contributed by atoms with Crippen molar-refractivity contribution in [2.45, 2.75) is 58.3 Å². The first-order chi connectivity index (χ1) is 15.8. The van der Waals surface area contributed by atoms with Crippen LogP contribution in [0.2, 0.25) is 0 Å². The molecule has 3 rings (SSSR count). The number of para-hydroxylation sites is 2. The Morgan fingerprint density at radius 3 is 2.12 bits per heavy atom. The van der Waals surface area contributed by atoms with Crippen LogP contribution in [0.5, 0.6) is 0 Å². The van der Waals surface area contributed by atoms with E-state index < -0.39 is 0 Å². The minimum atomic E-state index is -0.00255. The van der Waals surface area contributed by atoms with Gasteiger partial charge < -0.3 is 14.5 Å². The van der Waals surface area contributed by atoms with Gasteiger partial charge >= 0.3 is 5.97 Å². The summed E-state index contributed by atoms with van der Waals surface area (Å²) in [5, 5.41) is 0. The molecule has 0 unspecified atom stereocenters. The number of carbonyl (C=O) groups excluding carboxylic acids is 1. The molecule has 32 heavy (non-hydrogen) atoms. The summed E-state index contributed by atoms with van der Waals surface area (Å²) >= 11 is 0. The smallest absolute Gasteiger partial charge is 0.310 e. The Bertz CT molecular complexity index is 726. The Labute approximate surface area is 194 Å². The van der Waals surface area contributed by atoms with Crippen LogP contribution >= 0.6 is 0 Å². The molecule has 4 nitrogen and oxygen atoms in total. The van der Waals surface area contributed by atoms with E-state index in [1.165, 1.54) is 49.9 Å². The molecule has 0 N–H and O–H groups in total. The van der Waals surface area contributed by atoms with Crippen molar-refractivity contribution in [2.24, 2.45) is 5.92 Å². The average molecular weight is 437 g/mol. The molecule has 0 aromatic heterocycles. The van der Waals surface area contributed by atoms with Gasteiger partial charge in [-0.05, 0) is 70.0 Å². The van der Waals surface area contributed by atoms with Crippen LogP contribution in [-0.4, -0.2) is 43.7 Å². The van der Waals surface area contributed by atoms with Crippen molar-refractivity contribution in [1.29, 1.82) is 0 Å². The van der Waals surface area contributed by atoms with Gasteiger partial charge in [0.15, 0.2) is 0 Å². The van der Waals surface area contributed by atoms with Gasteiger partial charge in [-0.1, -0.05) is 62.1 Å². The highest BCUT2D eigenvalue weighted by Crippen LogP contribution is 2.25. The number of piperidine rings is 1. The zero-order chi connectivity index (χ0) is 22.4. The molecule has 0 amide bonds. The van der Waals surface area contributed by atoms with Crippen molar-refractivity contribution in [2.75, 3.05) is 37.7 Å². The minimum Gasteiger partial charge on any atom is -0.466 e. The monoisotopic (exact) mass is 436 g/mol. The van der Waals surface area contributed by atoms with Gasteiger partial charge in [-0.15, -0.1) is 0 Å². The Hall–Kier alpha value is -2.33. The molecule has 1 heterocycles. The zero-order valence-electron chi connectivity index (χ0n) is 19.8. The number of anilines is 2. The van der Waals surface area contributed by atoms with Gasteiger partial charge in [0.1, 0.15) is 0 Å². The lowest BCUT2D eigenvalue weighted by atomic mass is 9.98. The first kappa shape index (κ1) is 24.3. The Kier molecular flexibility index (Phi) is 10.6. The largest absolute Gasteiger partial charge is 0.466 e. The summed E-state index contributed by atoms with van der Waals surface area (Å²) < 4.78 is 5.21. The second-order valence-corrected chi connectivity index (χ2v) is 8.84. The van der Waals surface area contributed by atoms with E-state index in [9.17, 15) is 4.79 Å². The van der Waals surface area contributed by atoms with Gasteiger partial charge in [0.2, 0.25) is 0 Å². The summed E-state index contributed by atoms with van der Waals surface area (Å²) in [7, 11) is 0. The van der Waals surface area contributed by atoms with Crippen LogP contribution in [0.25, 0.3) is 0 Å². The number of hydrogen-bond donors (Lipinski definition) is 0. The van der Waals surface area contributed by atoms with E-state index in [2.05, 4.69) is 70.5 Å². The van der Waals surface area contributed by atoms with Crippen molar-refractivity contribution in [3.63, 3.8) is 0 Å². The van der Waals surface area contributed by atoms with Gasteiger partial charge in [-0.3, -0.25) is 4.79 Å². The van der Waals surface area contributed by atoms with E-state index in [-0.39, 0.29) is 11.9 Å². The van der Waals surface area contributed by atoms with E-state index in [4.69, 9.17) is 4.74 Å². The SMILES string of the molecule is CCOC(=O)[C@@H]1CCCN(CCCCCCCCN(c2ccccc2)c2ccccc2)C1. The van der Waals surface area contributed by atoms with E-state index in [0.717, 1.165) is 39.0 Å². The highest BCUT2D eigenvalue weighted by molar-refractivity contribution is 5.72. The fraction of sp³-hybridized carbons (Fsp3) is 0.536. The maximum absolute atomic E-state index is 12.0. The van der Waals surface area contributed by atoms with E-state index in [1.54, 1.807) is 0 Å². The van der Waals surface area contributed by atoms with Crippen molar-refractivity contribution < 1.29 is 9.53 Å². The second-order valence-electron chi connectivity index (χ2n) is 8.84. The van der Waals surface area contributed by atoms with Crippen LogP contribution in [0.3, 0.4) is 0 Å². The highest BCUT2D eigenvalue weighted by atomic mass is 16.5. The topological polar surface area (TPSA) is 32.8 Å². The standard InChI is InChI=1S/C28H40N2O2/c1-2-32-28(31)25-16-15-22-29(24-25)21-13-5-3-4-6-14-23-30(26-17-9-7-10-18-26)27-19-11-8-12-20-27/h7-12,17-20,25H,2-6,13-16,21-24H2,1H3/t25-/m1/s1. The summed E-state index contributed by atoms with van der Waals surface area (Å²) in [5.74, 6) is 0.0816. The Morgan fingerprint density at radius 2 is 1.50 bits per heavy atom. The summed E-state index contributed by atoms with van der Waals surface area (Å²) in [5.41, 5.74) is 2.53. The lowest BCUT2D eigenvalue weighted by molar-refractivity contribution is -0.149. The van der Waals surface area contributed by atoms with Gasteiger partial charge in [-0.2, -0.15) is 0 Å². The average Bonchev–Trinajstić information content (AvgIpc) is 2.84. The van der Waals surface area contributed by atoms with Crippen LogP contribution < -0.4 is 4.90 Å². The third-order valence-electron chi connectivity index (χ3n) is 6.37. The van der Waals surface area contributed by atoms with Crippen molar-refractivity contribution in [1.82, 2.24) is 4.90 Å². The molecule has 0 spiro atoms. The number of hydrogen-bond acceptors (Lipinski definition) is 4. The fourth-order valence-corrected chi connectivity index (χ4v) is 4.65. The number of ether oxygens (including phenoxy) is 1. The summed E-state index contributed by atoms with van der Waals surface area (Å²) in [6.45, 7) is 6.56. The predicted octanol–water partition coefficient (Wildman–Crippen LogP) is 6.44. The molecule has 0 aliphatic carbocycles. The summed E-state index contributed by atoms with van der Waals surface area (Å²) in [6.07, 6.45) is 9.68. The Balaban J connectivity index is 1.30. The van der Waals surface area contributed by atoms with Crippen molar-refractivity contribution >= 4 is 17.3 Å². The normalized spacial score (nSPS) is 16.6. The number of nitrogens with zero attached hydrogens (tertiary/aromatic N) is 2. The van der Waals surface area contributed by atoms with Crippen LogP contribution in [-0.2, 0) is 9.53 Å². The van der Waals surface area contributed by atoms with Crippen LogP contribution in [0.4, 0.5) is 11.4 Å². The van der Waals surface area contributed by atoms with Gasteiger partial charge in [0.25, 0.3) is 0 Å². The summed E-state index contributed by atoms with van der Waals surface area (Å²) in [6, 6.07) is 21.4. The number of rotatable bonds is 13. The molecule has 0 radical (unpaired) electrons. The first-order valence-corrected chi connectivity index (χ1v) is 12.5. The van der Waals surface area contributed by atoms with Crippen LogP contribution in [0, 0.1) is 5.92 Å². The van der Waals surface area contributed by atoms with Crippen LogP contribution in [0.15, 0.2) is 60.7 Å². The molecule has 1 atom stereocenters. The number of esters is 1. The lowest BCUT2D eigenvalue weighted by Gasteiger charge is -2.31. The van der Waals surface area contributed by atoms with Crippen molar-refractivity contribution in [3.05, 3.63) is 60.7 Å². The molecule has 2 aromatic carbocycles. The second kappa shape index (κ2) is 13.9. The van der Waals surface area contributed by atoms with Gasteiger partial charge in [0.05, 0.1) is 12.5 Å². The predicted molar refractivity (Wildman–Crippen MR) is 133 cm³/mol. The molecular formula is C28H40N2O2. The maximum atomic E-state index is 12.0. The van der Waals surface area contributed by atoms with Crippen molar-refractivity contribution in [3.8, 4) is 0 Å². The maximum Gasteiger partial charge on any atom is 0.310 e. The molecule has 1 fully saturated rings. The van der Waals surface area contributed by atoms with Gasteiger partial charge in [0, 0.05) is 24.5 Å². The molecule has 1 saturated heterocycles. The van der Waals surface area contributed by atoms with E-state index in [1.807, 2.05) is 6.92 Å². The lowest BCUT2D eigenvalue weighted by Crippen LogP contribution is -2.39. The number of unbranched alkanes of at least 4 members (excludes halogenated alkanes) is 5. The molecular weight excluding hydrogens is 396 g/mol. The van der Waals surface area contributed by atoms with E-state index in [0.29, 0.717) is 6.61 Å². The quantitative estimate of drug-likeness (QED) is 0.267. The number of benzene rings is 2. The molecule has 0 bridgehead atoms. The third-order valence-corrected chi connectivity index (χ3v) is 6.37. The fourth-order valence-electron chi connectivity index (χ4n) is 4.65. The molecule has 1 aliphatic rings. The van der Waals surface area contributed by atoms with Crippen LogP contribution in [0.1, 0.15) is 58.3 Å². The number of likely N-dealkylation sites (tertiary alicyclic amines) is 1. The highest BCUT2D eigenvalue weighted by Gasteiger charge is 2.26. The third kappa shape index (κ3) is 7.98. The Morgan fingerprint density at radius 1 is 0.906 bits per heavy atom. The van der Waals surface area contributed by atoms with E-state index >= 15 is 0 Å². The number of carbonyl (C=O) groups is 1. The molecule has 4 heteroatoms. The summed E-state index contributed by atoms with van der Waals surface area (Å²) in [4.78, 5) is 16.9. The minimum absolute atomic E-state index is 0.00255. The zero-order valence-corrected chi connectivity index (χ0v) is 19.8. The van der Waals surface area contributed by atoms with Gasteiger partial charge in [-0.25, -0.2) is 0 Å². The first-order valence-electron chi connectivity index (χ1n) is 12.5.